The number of hydrogen-bond donors (Lipinski definition) is 2. The summed E-state index contributed by atoms with van der Waals surface area (Å²) >= 11 is 0. The highest BCUT2D eigenvalue weighted by Crippen LogP contribution is 2.10. The van der Waals surface area contributed by atoms with Gasteiger partial charge in [0.25, 0.3) is 0 Å². The SMILES string of the molecule is CN(C(=O)CCNS(=O)(=O)c1ccc(F)cc1)C1CCNC1. The Balaban J connectivity index is 1.84. The van der Waals surface area contributed by atoms with Crippen LogP contribution in [0.4, 0.5) is 4.39 Å². The third-order valence-corrected chi connectivity index (χ3v) is 5.21. The topological polar surface area (TPSA) is 78.5 Å². The molecule has 122 valence electrons. The zero-order chi connectivity index (χ0) is 16.2. The zero-order valence-electron chi connectivity index (χ0n) is 12.4. The van der Waals surface area contributed by atoms with E-state index >= 15 is 0 Å². The molecule has 1 aliphatic rings. The minimum Gasteiger partial charge on any atom is -0.341 e. The van der Waals surface area contributed by atoms with Gasteiger partial charge in [0.1, 0.15) is 5.82 Å². The van der Waals surface area contributed by atoms with Gasteiger partial charge >= 0.3 is 0 Å². The third kappa shape index (κ3) is 4.25. The van der Waals surface area contributed by atoms with Crippen molar-refractivity contribution in [2.75, 3.05) is 26.7 Å². The van der Waals surface area contributed by atoms with Crippen molar-refractivity contribution in [2.24, 2.45) is 0 Å². The van der Waals surface area contributed by atoms with Crippen molar-refractivity contribution < 1.29 is 17.6 Å². The molecule has 1 aromatic carbocycles. The molecule has 1 unspecified atom stereocenters. The summed E-state index contributed by atoms with van der Waals surface area (Å²) in [7, 11) is -1.99. The molecule has 1 aliphatic heterocycles. The van der Waals surface area contributed by atoms with Crippen LogP contribution in [0, 0.1) is 5.82 Å². The molecule has 0 aromatic heterocycles. The fraction of sp³-hybridized carbons (Fsp3) is 0.500. The van der Waals surface area contributed by atoms with E-state index in [9.17, 15) is 17.6 Å². The van der Waals surface area contributed by atoms with Crippen LogP contribution in [0.15, 0.2) is 29.2 Å². The highest BCUT2D eigenvalue weighted by atomic mass is 32.2. The highest BCUT2D eigenvalue weighted by molar-refractivity contribution is 7.89. The Labute approximate surface area is 129 Å². The molecular weight excluding hydrogens is 309 g/mol. The second kappa shape index (κ2) is 7.17. The van der Waals surface area contributed by atoms with Gasteiger partial charge in [-0.1, -0.05) is 0 Å². The number of benzene rings is 1. The molecule has 0 spiro atoms. The molecule has 0 aliphatic carbocycles. The van der Waals surface area contributed by atoms with Gasteiger partial charge in [0.15, 0.2) is 0 Å². The Bertz CT molecular complexity index is 613. The van der Waals surface area contributed by atoms with Crippen LogP contribution in [0.25, 0.3) is 0 Å². The van der Waals surface area contributed by atoms with E-state index in [1.807, 2.05) is 0 Å². The maximum absolute atomic E-state index is 12.8. The van der Waals surface area contributed by atoms with Crippen LogP contribution in [0.5, 0.6) is 0 Å². The predicted octanol–water partition coefficient (Wildman–Crippen LogP) is 0.314. The summed E-state index contributed by atoms with van der Waals surface area (Å²) in [6, 6.07) is 4.72. The molecule has 1 heterocycles. The third-order valence-electron chi connectivity index (χ3n) is 3.73. The first-order chi connectivity index (χ1) is 10.4. The lowest BCUT2D eigenvalue weighted by atomic mass is 10.2. The van der Waals surface area contributed by atoms with Crippen molar-refractivity contribution >= 4 is 15.9 Å². The average Bonchev–Trinajstić information content (AvgIpc) is 3.00. The first kappa shape index (κ1) is 16.9. The van der Waals surface area contributed by atoms with Crippen LogP contribution in [-0.2, 0) is 14.8 Å². The molecular formula is C14H20FN3O3S. The van der Waals surface area contributed by atoms with Gasteiger partial charge in [-0.15, -0.1) is 0 Å². The molecule has 8 heteroatoms. The van der Waals surface area contributed by atoms with Crippen molar-refractivity contribution in [3.63, 3.8) is 0 Å². The highest BCUT2D eigenvalue weighted by Gasteiger charge is 2.23. The monoisotopic (exact) mass is 329 g/mol. The van der Waals surface area contributed by atoms with E-state index in [1.54, 1.807) is 11.9 Å². The van der Waals surface area contributed by atoms with Crippen LogP contribution in [0.2, 0.25) is 0 Å². The number of halogens is 1. The maximum atomic E-state index is 12.8. The van der Waals surface area contributed by atoms with Crippen molar-refractivity contribution in [3.8, 4) is 0 Å². The second-order valence-corrected chi connectivity index (χ2v) is 7.02. The van der Waals surface area contributed by atoms with Gasteiger partial charge in [0.05, 0.1) is 4.90 Å². The van der Waals surface area contributed by atoms with Crippen LogP contribution in [0.3, 0.4) is 0 Å². The predicted molar refractivity (Wildman–Crippen MR) is 80.3 cm³/mol. The van der Waals surface area contributed by atoms with Gasteiger partial charge in [-0.2, -0.15) is 0 Å². The number of carbonyl (C=O) groups excluding carboxylic acids is 1. The summed E-state index contributed by atoms with van der Waals surface area (Å²) in [6.45, 7) is 1.67. The normalized spacial score (nSPS) is 18.4. The number of rotatable bonds is 6. The quantitative estimate of drug-likeness (QED) is 0.788. The fourth-order valence-electron chi connectivity index (χ4n) is 2.34. The molecule has 0 bridgehead atoms. The second-order valence-electron chi connectivity index (χ2n) is 5.25. The molecule has 2 N–H and O–H groups in total. The molecule has 2 rings (SSSR count). The van der Waals surface area contributed by atoms with E-state index in [0.717, 1.165) is 31.6 Å². The molecule has 0 radical (unpaired) electrons. The van der Waals surface area contributed by atoms with Crippen LogP contribution >= 0.6 is 0 Å². The summed E-state index contributed by atoms with van der Waals surface area (Å²) in [4.78, 5) is 13.7. The van der Waals surface area contributed by atoms with Crippen molar-refractivity contribution in [3.05, 3.63) is 30.1 Å². The van der Waals surface area contributed by atoms with Gasteiger partial charge in [-0.3, -0.25) is 4.79 Å². The molecule has 1 atom stereocenters. The molecule has 1 fully saturated rings. The Morgan fingerprint density at radius 2 is 2.09 bits per heavy atom. The van der Waals surface area contributed by atoms with Crippen molar-refractivity contribution in [1.29, 1.82) is 0 Å². The number of nitrogens with one attached hydrogen (secondary N) is 2. The summed E-state index contributed by atoms with van der Waals surface area (Å²) in [5, 5.41) is 3.18. The van der Waals surface area contributed by atoms with E-state index in [4.69, 9.17) is 0 Å². The lowest BCUT2D eigenvalue weighted by Gasteiger charge is -2.23. The van der Waals surface area contributed by atoms with Crippen molar-refractivity contribution in [2.45, 2.75) is 23.8 Å². The van der Waals surface area contributed by atoms with Gasteiger partial charge < -0.3 is 10.2 Å². The van der Waals surface area contributed by atoms with Gasteiger partial charge in [-0.05, 0) is 37.2 Å². The number of likely N-dealkylation sites (N-methyl/N-ethyl adjacent to an activating group) is 1. The van der Waals surface area contributed by atoms with E-state index in [2.05, 4.69) is 10.0 Å². The molecule has 6 nitrogen and oxygen atoms in total. The summed E-state index contributed by atoms with van der Waals surface area (Å²) in [5.74, 6) is -0.601. The molecule has 1 saturated heterocycles. The molecule has 0 saturated carbocycles. The number of sulfonamides is 1. The Kier molecular flexibility index (Phi) is 5.49. The van der Waals surface area contributed by atoms with Gasteiger partial charge in [0, 0.05) is 32.6 Å². The number of carbonyl (C=O) groups is 1. The Morgan fingerprint density at radius 1 is 1.41 bits per heavy atom. The van der Waals surface area contributed by atoms with Crippen molar-refractivity contribution in [1.82, 2.24) is 14.9 Å². The Hall–Kier alpha value is -1.51. The summed E-state index contributed by atoms with van der Waals surface area (Å²) < 4.78 is 39.1. The number of hydrogen-bond acceptors (Lipinski definition) is 4. The molecule has 1 aromatic rings. The average molecular weight is 329 g/mol. The van der Waals surface area contributed by atoms with Gasteiger partial charge in [0.2, 0.25) is 15.9 Å². The first-order valence-electron chi connectivity index (χ1n) is 7.12. The lowest BCUT2D eigenvalue weighted by molar-refractivity contribution is -0.131. The largest absolute Gasteiger partial charge is 0.341 e. The van der Waals surface area contributed by atoms with E-state index < -0.39 is 15.8 Å². The van der Waals surface area contributed by atoms with Crippen LogP contribution in [-0.4, -0.2) is 51.9 Å². The maximum Gasteiger partial charge on any atom is 0.240 e. The van der Waals surface area contributed by atoms with Crippen LogP contribution in [0.1, 0.15) is 12.8 Å². The Morgan fingerprint density at radius 3 is 2.68 bits per heavy atom. The molecule has 22 heavy (non-hydrogen) atoms. The zero-order valence-corrected chi connectivity index (χ0v) is 13.2. The number of amides is 1. The summed E-state index contributed by atoms with van der Waals surface area (Å²) in [5.41, 5.74) is 0. The van der Waals surface area contributed by atoms with E-state index in [1.165, 1.54) is 12.1 Å². The van der Waals surface area contributed by atoms with E-state index in [0.29, 0.717) is 0 Å². The number of nitrogens with zero attached hydrogens (tertiary/aromatic N) is 1. The minimum absolute atomic E-state index is 0.0169. The fourth-order valence-corrected chi connectivity index (χ4v) is 3.37. The van der Waals surface area contributed by atoms with Crippen LogP contribution < -0.4 is 10.0 Å². The smallest absolute Gasteiger partial charge is 0.240 e. The molecule has 1 amide bonds. The van der Waals surface area contributed by atoms with E-state index in [-0.39, 0.29) is 29.8 Å². The lowest BCUT2D eigenvalue weighted by Crippen LogP contribution is -2.40. The standard InChI is InChI=1S/C14H20FN3O3S/c1-18(12-6-8-16-10-12)14(19)7-9-17-22(20,21)13-4-2-11(15)3-5-13/h2-5,12,16-17H,6-10H2,1H3. The van der Waals surface area contributed by atoms with Gasteiger partial charge in [-0.25, -0.2) is 17.5 Å². The first-order valence-corrected chi connectivity index (χ1v) is 8.60. The summed E-state index contributed by atoms with van der Waals surface area (Å²) in [6.07, 6.45) is 0.997. The minimum atomic E-state index is -3.72.